The Morgan fingerprint density at radius 3 is 2.62 bits per heavy atom. The fourth-order valence-electron chi connectivity index (χ4n) is 2.44. The molecule has 3 heteroatoms. The molecule has 2 heterocycles. The summed E-state index contributed by atoms with van der Waals surface area (Å²) in [5, 5.41) is 0. The van der Waals surface area contributed by atoms with Gasteiger partial charge in [0.2, 0.25) is 0 Å². The van der Waals surface area contributed by atoms with Crippen LogP contribution in [-0.2, 0) is 10.2 Å². The maximum Gasteiger partial charge on any atom is 0.0644 e. The Kier molecular flexibility index (Phi) is 3.00. The first-order valence-corrected chi connectivity index (χ1v) is 5.82. The quantitative estimate of drug-likeness (QED) is 0.840. The van der Waals surface area contributed by atoms with E-state index in [0.717, 1.165) is 25.3 Å². The van der Waals surface area contributed by atoms with Gasteiger partial charge < -0.3 is 10.5 Å². The highest BCUT2D eigenvalue weighted by Gasteiger charge is 2.52. The number of ether oxygens (including phenoxy) is 1. The minimum absolute atomic E-state index is 0.0492. The summed E-state index contributed by atoms with van der Waals surface area (Å²) in [5.41, 5.74) is 7.03. The predicted octanol–water partition coefficient (Wildman–Crippen LogP) is 1.72. The van der Waals surface area contributed by atoms with Crippen molar-refractivity contribution in [2.75, 3.05) is 19.8 Å². The second-order valence-corrected chi connectivity index (χ2v) is 5.21. The summed E-state index contributed by atoms with van der Waals surface area (Å²) in [6.07, 6.45) is 2.85. The van der Waals surface area contributed by atoms with Crippen molar-refractivity contribution in [2.24, 2.45) is 11.1 Å². The smallest absolute Gasteiger partial charge is 0.0644 e. The summed E-state index contributed by atoms with van der Waals surface area (Å²) in [5.74, 6) is 0. The van der Waals surface area contributed by atoms with Crippen LogP contribution >= 0.6 is 0 Å². The molecule has 1 aromatic heterocycles. The number of hydrogen-bond acceptors (Lipinski definition) is 3. The van der Waals surface area contributed by atoms with Crippen molar-refractivity contribution in [1.82, 2.24) is 4.98 Å². The van der Waals surface area contributed by atoms with Gasteiger partial charge in [-0.05, 0) is 30.5 Å². The van der Waals surface area contributed by atoms with Crippen LogP contribution in [0.4, 0.5) is 0 Å². The van der Waals surface area contributed by atoms with E-state index in [2.05, 4.69) is 24.9 Å². The van der Waals surface area contributed by atoms with Gasteiger partial charge in [0.05, 0.1) is 24.3 Å². The summed E-state index contributed by atoms with van der Waals surface area (Å²) in [6, 6.07) is 6.09. The molecule has 88 valence electrons. The molecule has 0 saturated carbocycles. The Morgan fingerprint density at radius 1 is 1.44 bits per heavy atom. The molecule has 0 radical (unpaired) electrons. The zero-order valence-electron chi connectivity index (χ0n) is 10.1. The molecule has 0 amide bonds. The lowest BCUT2D eigenvalue weighted by molar-refractivity contribution is -0.123. The Morgan fingerprint density at radius 2 is 2.19 bits per heavy atom. The van der Waals surface area contributed by atoms with Crippen molar-refractivity contribution in [2.45, 2.75) is 25.7 Å². The third-order valence-electron chi connectivity index (χ3n) is 3.92. The highest BCUT2D eigenvalue weighted by atomic mass is 16.5. The zero-order chi connectivity index (χ0) is 11.6. The highest BCUT2D eigenvalue weighted by molar-refractivity contribution is 5.24. The Balaban J connectivity index is 2.33. The first-order chi connectivity index (χ1) is 7.62. The standard InChI is InChI=1S/C13H20N2O/c1-12(2,6-7-14)13(9-16-10-13)11-5-3-4-8-15-11/h3-5,8H,6-7,9-10,14H2,1-2H3. The maximum atomic E-state index is 5.71. The molecule has 0 spiro atoms. The first kappa shape index (κ1) is 11.6. The molecule has 1 aliphatic rings. The average molecular weight is 220 g/mol. The van der Waals surface area contributed by atoms with Crippen LogP contribution in [-0.4, -0.2) is 24.7 Å². The lowest BCUT2D eigenvalue weighted by atomic mass is 9.60. The lowest BCUT2D eigenvalue weighted by Gasteiger charge is -2.52. The molecule has 3 nitrogen and oxygen atoms in total. The number of nitrogens with two attached hydrogens (primary N) is 1. The van der Waals surface area contributed by atoms with Gasteiger partial charge in [-0.15, -0.1) is 0 Å². The van der Waals surface area contributed by atoms with Crippen LogP contribution in [0.25, 0.3) is 0 Å². The molecule has 0 atom stereocenters. The molecule has 0 aliphatic carbocycles. The van der Waals surface area contributed by atoms with Crippen molar-refractivity contribution >= 4 is 0 Å². The van der Waals surface area contributed by atoms with Crippen molar-refractivity contribution in [3.8, 4) is 0 Å². The van der Waals surface area contributed by atoms with Crippen LogP contribution in [0.1, 0.15) is 26.0 Å². The molecular formula is C13H20N2O. The van der Waals surface area contributed by atoms with Crippen LogP contribution < -0.4 is 5.73 Å². The van der Waals surface area contributed by atoms with E-state index in [1.54, 1.807) is 0 Å². The topological polar surface area (TPSA) is 48.1 Å². The third-order valence-corrected chi connectivity index (χ3v) is 3.92. The maximum absolute atomic E-state index is 5.71. The van der Waals surface area contributed by atoms with Crippen LogP contribution in [0.3, 0.4) is 0 Å². The van der Waals surface area contributed by atoms with E-state index in [9.17, 15) is 0 Å². The normalized spacial score (nSPS) is 19.2. The van der Waals surface area contributed by atoms with Crippen molar-refractivity contribution < 1.29 is 4.74 Å². The molecule has 1 aliphatic heterocycles. The van der Waals surface area contributed by atoms with Crippen LogP contribution in [0.2, 0.25) is 0 Å². The zero-order valence-corrected chi connectivity index (χ0v) is 10.1. The number of hydrogen-bond donors (Lipinski definition) is 1. The highest BCUT2D eigenvalue weighted by Crippen LogP contribution is 2.48. The fraction of sp³-hybridized carbons (Fsp3) is 0.615. The molecule has 0 bridgehead atoms. The van der Waals surface area contributed by atoms with Crippen LogP contribution in [0.5, 0.6) is 0 Å². The summed E-state index contributed by atoms with van der Waals surface area (Å²) in [6.45, 7) is 6.75. The summed E-state index contributed by atoms with van der Waals surface area (Å²) >= 11 is 0. The van der Waals surface area contributed by atoms with Gasteiger partial charge in [-0.1, -0.05) is 19.9 Å². The van der Waals surface area contributed by atoms with Gasteiger partial charge in [0.25, 0.3) is 0 Å². The Hall–Kier alpha value is -0.930. The summed E-state index contributed by atoms with van der Waals surface area (Å²) < 4.78 is 5.44. The van der Waals surface area contributed by atoms with Gasteiger partial charge in [0.1, 0.15) is 0 Å². The van der Waals surface area contributed by atoms with E-state index in [0.29, 0.717) is 6.54 Å². The minimum atomic E-state index is 0.0492. The van der Waals surface area contributed by atoms with E-state index >= 15 is 0 Å². The number of nitrogens with zero attached hydrogens (tertiary/aromatic N) is 1. The van der Waals surface area contributed by atoms with E-state index in [-0.39, 0.29) is 10.8 Å². The molecule has 0 aromatic carbocycles. The number of aromatic nitrogens is 1. The largest absolute Gasteiger partial charge is 0.379 e. The van der Waals surface area contributed by atoms with E-state index in [1.165, 1.54) is 0 Å². The van der Waals surface area contributed by atoms with Gasteiger partial charge in [-0.2, -0.15) is 0 Å². The third kappa shape index (κ3) is 1.64. The van der Waals surface area contributed by atoms with Gasteiger partial charge in [0, 0.05) is 6.20 Å². The van der Waals surface area contributed by atoms with Crippen molar-refractivity contribution in [3.05, 3.63) is 30.1 Å². The number of pyridine rings is 1. The second kappa shape index (κ2) is 4.15. The van der Waals surface area contributed by atoms with Gasteiger partial charge in [-0.3, -0.25) is 4.98 Å². The average Bonchev–Trinajstić information content (AvgIpc) is 2.16. The first-order valence-electron chi connectivity index (χ1n) is 5.82. The molecule has 2 N–H and O–H groups in total. The molecule has 16 heavy (non-hydrogen) atoms. The minimum Gasteiger partial charge on any atom is -0.379 e. The van der Waals surface area contributed by atoms with Crippen LogP contribution in [0, 0.1) is 5.41 Å². The van der Waals surface area contributed by atoms with Gasteiger partial charge in [0.15, 0.2) is 0 Å². The molecular weight excluding hydrogens is 200 g/mol. The fourth-order valence-corrected chi connectivity index (χ4v) is 2.44. The molecule has 0 unspecified atom stereocenters. The van der Waals surface area contributed by atoms with Crippen LogP contribution in [0.15, 0.2) is 24.4 Å². The van der Waals surface area contributed by atoms with E-state index in [1.807, 2.05) is 18.3 Å². The molecule has 1 saturated heterocycles. The summed E-state index contributed by atoms with van der Waals surface area (Å²) in [7, 11) is 0. The van der Waals surface area contributed by atoms with Gasteiger partial charge >= 0.3 is 0 Å². The van der Waals surface area contributed by atoms with Crippen molar-refractivity contribution in [1.29, 1.82) is 0 Å². The monoisotopic (exact) mass is 220 g/mol. The lowest BCUT2D eigenvalue weighted by Crippen LogP contribution is -2.57. The Labute approximate surface area is 97.0 Å². The number of rotatable bonds is 4. The molecule has 1 aromatic rings. The molecule has 2 rings (SSSR count). The summed E-state index contributed by atoms with van der Waals surface area (Å²) in [4.78, 5) is 4.50. The Bertz CT molecular complexity index is 344. The van der Waals surface area contributed by atoms with Crippen molar-refractivity contribution in [3.63, 3.8) is 0 Å². The SMILES string of the molecule is CC(C)(CCN)C1(c2ccccn2)COC1. The molecule has 1 fully saturated rings. The predicted molar refractivity (Wildman–Crippen MR) is 64.2 cm³/mol. The van der Waals surface area contributed by atoms with E-state index < -0.39 is 0 Å². The van der Waals surface area contributed by atoms with E-state index in [4.69, 9.17) is 10.5 Å². The second-order valence-electron chi connectivity index (χ2n) is 5.21. The van der Waals surface area contributed by atoms with Gasteiger partial charge in [-0.25, -0.2) is 0 Å².